The smallest absolute Gasteiger partial charge is 0.252 e. The molecule has 0 radical (unpaired) electrons. The molecule has 1 heterocycles. The molecule has 90 valence electrons. The van der Waals surface area contributed by atoms with E-state index in [1.54, 1.807) is 0 Å². The summed E-state index contributed by atoms with van der Waals surface area (Å²) in [6.07, 6.45) is 0.146. The van der Waals surface area contributed by atoms with Crippen molar-refractivity contribution >= 4 is 17.8 Å². The highest BCUT2D eigenvalue weighted by atomic mass is 16.2. The van der Waals surface area contributed by atoms with Crippen LogP contribution in [0.2, 0.25) is 0 Å². The zero-order chi connectivity index (χ0) is 12.3. The van der Waals surface area contributed by atoms with Crippen molar-refractivity contribution in [3.05, 3.63) is 0 Å². The molecule has 1 saturated heterocycles. The molecule has 0 aromatic rings. The molecule has 1 fully saturated rings. The lowest BCUT2D eigenvalue weighted by atomic mass is 10.2. The maximum Gasteiger partial charge on any atom is 0.252 e. The number of likely N-dealkylation sites (tertiary alicyclic amines) is 1. The minimum Gasteiger partial charge on any atom is -0.370 e. The predicted octanol–water partition coefficient (Wildman–Crippen LogP) is -0.696. The van der Waals surface area contributed by atoms with E-state index in [1.165, 1.54) is 7.05 Å². The van der Waals surface area contributed by atoms with E-state index in [-0.39, 0.29) is 24.2 Å². The van der Waals surface area contributed by atoms with Gasteiger partial charge in [0.25, 0.3) is 5.91 Å². The van der Waals surface area contributed by atoms with Crippen LogP contribution >= 0.6 is 0 Å². The molecular formula is C10H18N4O2. The van der Waals surface area contributed by atoms with E-state index in [0.29, 0.717) is 12.5 Å². The highest BCUT2D eigenvalue weighted by Gasteiger charge is 2.36. The summed E-state index contributed by atoms with van der Waals surface area (Å²) in [4.78, 5) is 27.9. The second-order valence-corrected chi connectivity index (χ2v) is 4.31. The largest absolute Gasteiger partial charge is 0.370 e. The van der Waals surface area contributed by atoms with Crippen molar-refractivity contribution in [2.75, 3.05) is 13.6 Å². The van der Waals surface area contributed by atoms with E-state index in [2.05, 4.69) is 10.3 Å². The molecule has 0 aromatic heterocycles. The molecule has 3 N–H and O–H groups in total. The molecule has 1 unspecified atom stereocenters. The third-order valence-corrected chi connectivity index (χ3v) is 2.33. The number of amides is 2. The molecule has 6 nitrogen and oxygen atoms in total. The van der Waals surface area contributed by atoms with Crippen molar-refractivity contribution in [2.45, 2.75) is 26.3 Å². The molecule has 1 atom stereocenters. The fraction of sp³-hybridized carbons (Fsp3) is 0.700. The van der Waals surface area contributed by atoms with Gasteiger partial charge < -0.3 is 11.1 Å². The van der Waals surface area contributed by atoms with Gasteiger partial charge >= 0.3 is 0 Å². The standard InChI is InChI=1S/C10H18N4O2/c1-6(2)5-12-10(11)13-7-4-8(15)14(3)9(7)16/h6-7H,4-5H2,1-3H3,(H3,11,12,13). The monoisotopic (exact) mass is 226 g/mol. The van der Waals surface area contributed by atoms with E-state index >= 15 is 0 Å². The maximum atomic E-state index is 11.5. The van der Waals surface area contributed by atoms with Crippen molar-refractivity contribution in [1.82, 2.24) is 10.2 Å². The van der Waals surface area contributed by atoms with Gasteiger partial charge in [-0.15, -0.1) is 0 Å². The van der Waals surface area contributed by atoms with Crippen LogP contribution < -0.4 is 11.1 Å². The number of hydrogen-bond acceptors (Lipinski definition) is 3. The number of aliphatic imine (C=N–C) groups is 1. The van der Waals surface area contributed by atoms with E-state index in [0.717, 1.165) is 4.90 Å². The molecule has 0 aromatic carbocycles. The van der Waals surface area contributed by atoms with Crippen molar-refractivity contribution in [2.24, 2.45) is 16.6 Å². The van der Waals surface area contributed by atoms with Gasteiger partial charge in [-0.3, -0.25) is 19.5 Å². The first-order chi connectivity index (χ1) is 7.41. The third kappa shape index (κ3) is 2.95. The second kappa shape index (κ2) is 4.96. The number of nitrogens with zero attached hydrogens (tertiary/aromatic N) is 2. The topological polar surface area (TPSA) is 87.8 Å². The number of likely N-dealkylation sites (N-methyl/N-ethyl adjacent to an activating group) is 1. The first-order valence-corrected chi connectivity index (χ1v) is 5.28. The third-order valence-electron chi connectivity index (χ3n) is 2.33. The molecule has 0 bridgehead atoms. The van der Waals surface area contributed by atoms with Crippen LogP contribution in [0.3, 0.4) is 0 Å². The van der Waals surface area contributed by atoms with Gasteiger partial charge in [-0.1, -0.05) is 13.8 Å². The number of carbonyl (C=O) groups excluding carboxylic acids is 2. The van der Waals surface area contributed by atoms with Crippen LogP contribution in [0.25, 0.3) is 0 Å². The summed E-state index contributed by atoms with van der Waals surface area (Å²) in [5.41, 5.74) is 5.61. The normalized spacial score (nSPS) is 22.1. The van der Waals surface area contributed by atoms with E-state index in [9.17, 15) is 9.59 Å². The predicted molar refractivity (Wildman–Crippen MR) is 60.6 cm³/mol. The number of imide groups is 1. The molecule has 1 aliphatic rings. The number of guanidine groups is 1. The van der Waals surface area contributed by atoms with Crippen molar-refractivity contribution in [3.8, 4) is 0 Å². The fourth-order valence-corrected chi connectivity index (χ4v) is 1.37. The Bertz CT molecular complexity index is 325. The summed E-state index contributed by atoms with van der Waals surface area (Å²) in [6, 6.07) is -0.562. The van der Waals surface area contributed by atoms with Crippen LogP contribution in [0.5, 0.6) is 0 Å². The van der Waals surface area contributed by atoms with Crippen LogP contribution in [0.1, 0.15) is 20.3 Å². The van der Waals surface area contributed by atoms with Crippen molar-refractivity contribution in [1.29, 1.82) is 0 Å². The molecular weight excluding hydrogens is 208 g/mol. The minimum absolute atomic E-state index is 0.146. The lowest BCUT2D eigenvalue weighted by Gasteiger charge is -2.11. The summed E-state index contributed by atoms with van der Waals surface area (Å²) in [5.74, 6) is 0.172. The quantitative estimate of drug-likeness (QED) is 0.378. The van der Waals surface area contributed by atoms with Gasteiger partial charge in [-0.25, -0.2) is 0 Å². The Kier molecular flexibility index (Phi) is 3.87. The van der Waals surface area contributed by atoms with E-state index in [4.69, 9.17) is 5.73 Å². The first-order valence-electron chi connectivity index (χ1n) is 5.28. The minimum atomic E-state index is -0.562. The summed E-state index contributed by atoms with van der Waals surface area (Å²) >= 11 is 0. The molecule has 0 saturated carbocycles. The number of nitrogens with two attached hydrogens (primary N) is 1. The Morgan fingerprint density at radius 3 is 2.69 bits per heavy atom. The van der Waals surface area contributed by atoms with Gasteiger partial charge in [0.1, 0.15) is 6.04 Å². The average Bonchev–Trinajstić information content (AvgIpc) is 2.43. The Morgan fingerprint density at radius 2 is 2.25 bits per heavy atom. The van der Waals surface area contributed by atoms with Crippen LogP contribution in [-0.2, 0) is 9.59 Å². The Balaban J connectivity index is 2.52. The van der Waals surface area contributed by atoms with Crippen LogP contribution in [0.4, 0.5) is 0 Å². The lowest BCUT2D eigenvalue weighted by Crippen LogP contribution is -2.44. The second-order valence-electron chi connectivity index (χ2n) is 4.31. The Labute approximate surface area is 94.9 Å². The number of hydrogen-bond donors (Lipinski definition) is 2. The molecule has 16 heavy (non-hydrogen) atoms. The molecule has 2 amide bonds. The molecule has 1 rings (SSSR count). The van der Waals surface area contributed by atoms with Gasteiger partial charge in [-0.05, 0) is 5.92 Å². The SMILES string of the molecule is CC(C)CN=C(N)NC1CC(=O)N(C)C1=O. The van der Waals surface area contributed by atoms with Gasteiger partial charge in [-0.2, -0.15) is 0 Å². The fourth-order valence-electron chi connectivity index (χ4n) is 1.37. The van der Waals surface area contributed by atoms with Gasteiger partial charge in [0.15, 0.2) is 5.96 Å². The maximum absolute atomic E-state index is 11.5. The summed E-state index contributed by atoms with van der Waals surface area (Å²) in [5, 5.41) is 2.76. The highest BCUT2D eigenvalue weighted by Crippen LogP contribution is 2.09. The summed E-state index contributed by atoms with van der Waals surface area (Å²) in [7, 11) is 1.47. The molecule has 0 spiro atoms. The Hall–Kier alpha value is -1.59. The van der Waals surface area contributed by atoms with E-state index < -0.39 is 6.04 Å². The van der Waals surface area contributed by atoms with Crippen LogP contribution in [0.15, 0.2) is 4.99 Å². The first kappa shape index (κ1) is 12.5. The Morgan fingerprint density at radius 1 is 1.62 bits per heavy atom. The number of rotatable bonds is 3. The zero-order valence-electron chi connectivity index (χ0n) is 9.86. The number of carbonyl (C=O) groups is 2. The summed E-state index contributed by atoms with van der Waals surface area (Å²) in [6.45, 7) is 4.65. The highest BCUT2D eigenvalue weighted by molar-refractivity contribution is 6.06. The van der Waals surface area contributed by atoms with Gasteiger partial charge in [0, 0.05) is 13.6 Å². The van der Waals surface area contributed by atoms with E-state index in [1.807, 2.05) is 13.8 Å². The van der Waals surface area contributed by atoms with Crippen molar-refractivity contribution in [3.63, 3.8) is 0 Å². The molecule has 0 aliphatic carbocycles. The lowest BCUT2D eigenvalue weighted by molar-refractivity contribution is -0.137. The van der Waals surface area contributed by atoms with Crippen LogP contribution in [0, 0.1) is 5.92 Å². The molecule has 6 heteroatoms. The zero-order valence-corrected chi connectivity index (χ0v) is 9.86. The molecule has 1 aliphatic heterocycles. The van der Waals surface area contributed by atoms with Crippen molar-refractivity contribution < 1.29 is 9.59 Å². The number of nitrogens with one attached hydrogen (secondary N) is 1. The summed E-state index contributed by atoms with van der Waals surface area (Å²) < 4.78 is 0. The van der Waals surface area contributed by atoms with Gasteiger partial charge in [0.2, 0.25) is 5.91 Å². The average molecular weight is 226 g/mol. The van der Waals surface area contributed by atoms with Crippen LogP contribution in [-0.4, -0.2) is 42.3 Å². The van der Waals surface area contributed by atoms with Gasteiger partial charge in [0.05, 0.1) is 6.42 Å².